The molecule has 3 N–H and O–H groups in total. The highest BCUT2D eigenvalue weighted by Crippen LogP contribution is 2.03. The van der Waals surface area contributed by atoms with E-state index in [2.05, 4.69) is 21.0 Å². The number of carbonyl (C=O) groups excluding carboxylic acids is 3. The predicted octanol–water partition coefficient (Wildman–Crippen LogP) is 0.475. The quantitative estimate of drug-likeness (QED) is 0.400. The van der Waals surface area contributed by atoms with Crippen molar-refractivity contribution in [3.8, 4) is 0 Å². The highest BCUT2D eigenvalue weighted by molar-refractivity contribution is 5.81. The van der Waals surface area contributed by atoms with Crippen LogP contribution in [0.1, 0.15) is 39.5 Å². The molecule has 1 atom stereocenters. The summed E-state index contributed by atoms with van der Waals surface area (Å²) in [5, 5.41) is 5.19. The summed E-state index contributed by atoms with van der Waals surface area (Å²) in [6.07, 6.45) is 1.55. The maximum atomic E-state index is 11.7. The van der Waals surface area contributed by atoms with E-state index in [9.17, 15) is 14.4 Å². The molecule has 0 bridgehead atoms. The highest BCUT2D eigenvalue weighted by Gasteiger charge is 2.22. The number of hydroxylamine groups is 1. The molecular weight excluding hydrogens is 278 g/mol. The molecular formula is C13H25N3O5. The lowest BCUT2D eigenvalue weighted by Gasteiger charge is -2.16. The molecule has 2 amide bonds. The van der Waals surface area contributed by atoms with Crippen LogP contribution in [0, 0.1) is 0 Å². The van der Waals surface area contributed by atoms with Gasteiger partial charge < -0.3 is 20.2 Å². The third-order valence-electron chi connectivity index (χ3n) is 2.62. The van der Waals surface area contributed by atoms with Crippen LogP contribution in [0.2, 0.25) is 0 Å². The number of ether oxygens (including phenoxy) is 1. The second-order valence-corrected chi connectivity index (χ2v) is 4.24. The number of rotatable bonds is 10. The van der Waals surface area contributed by atoms with Crippen LogP contribution in [-0.2, 0) is 19.2 Å². The average Bonchev–Trinajstić information content (AvgIpc) is 2.45. The van der Waals surface area contributed by atoms with E-state index in [1.165, 1.54) is 7.05 Å². The molecule has 8 heteroatoms. The number of alkyl carbamates (subject to hydrolysis) is 1. The minimum Gasteiger partial charge on any atom is -0.450 e. The first-order valence-electron chi connectivity index (χ1n) is 7.12. The summed E-state index contributed by atoms with van der Waals surface area (Å²) in [5.74, 6) is -0.589. The van der Waals surface area contributed by atoms with Gasteiger partial charge in [0.2, 0.25) is 5.91 Å². The van der Waals surface area contributed by atoms with Crippen molar-refractivity contribution in [2.24, 2.45) is 0 Å². The van der Waals surface area contributed by atoms with Crippen LogP contribution >= 0.6 is 0 Å². The Bertz CT molecular complexity index is 336. The summed E-state index contributed by atoms with van der Waals surface area (Å²) in [4.78, 5) is 38.8. The van der Waals surface area contributed by atoms with Crippen molar-refractivity contribution < 1.29 is 24.0 Å². The van der Waals surface area contributed by atoms with Crippen LogP contribution in [0.5, 0.6) is 0 Å². The summed E-state index contributed by atoms with van der Waals surface area (Å²) < 4.78 is 4.74. The van der Waals surface area contributed by atoms with Gasteiger partial charge in [-0.1, -0.05) is 6.92 Å². The molecule has 0 spiro atoms. The number of amides is 2. The van der Waals surface area contributed by atoms with Gasteiger partial charge in [0.25, 0.3) is 0 Å². The van der Waals surface area contributed by atoms with Gasteiger partial charge in [-0.15, -0.1) is 0 Å². The van der Waals surface area contributed by atoms with Crippen molar-refractivity contribution in [2.75, 3.05) is 20.2 Å². The smallest absolute Gasteiger partial charge is 0.407 e. The number of hydrogen-bond acceptors (Lipinski definition) is 6. The Morgan fingerprint density at radius 2 is 1.86 bits per heavy atom. The Balaban J connectivity index is 4.12. The van der Waals surface area contributed by atoms with E-state index in [1.54, 1.807) is 13.8 Å². The van der Waals surface area contributed by atoms with Crippen molar-refractivity contribution in [3.63, 3.8) is 0 Å². The van der Waals surface area contributed by atoms with Gasteiger partial charge in [0, 0.05) is 20.0 Å². The van der Waals surface area contributed by atoms with Gasteiger partial charge in [-0.25, -0.2) is 9.59 Å². The number of nitrogens with one attached hydrogen (secondary N) is 3. The zero-order chi connectivity index (χ0) is 16.1. The summed E-state index contributed by atoms with van der Waals surface area (Å²) in [6, 6.07) is -0.779. The first kappa shape index (κ1) is 19.2. The molecule has 0 saturated heterocycles. The third kappa shape index (κ3) is 9.67. The van der Waals surface area contributed by atoms with Crippen molar-refractivity contribution in [2.45, 2.75) is 45.6 Å². The Kier molecular flexibility index (Phi) is 10.9. The van der Waals surface area contributed by atoms with Crippen molar-refractivity contribution in [1.82, 2.24) is 16.1 Å². The van der Waals surface area contributed by atoms with Crippen LogP contribution < -0.4 is 16.1 Å². The molecule has 1 unspecified atom stereocenters. The minimum atomic E-state index is -0.779. The third-order valence-corrected chi connectivity index (χ3v) is 2.62. The van der Waals surface area contributed by atoms with Crippen LogP contribution in [0.3, 0.4) is 0 Å². The molecule has 0 aliphatic heterocycles. The van der Waals surface area contributed by atoms with Crippen molar-refractivity contribution >= 4 is 18.0 Å². The van der Waals surface area contributed by atoms with E-state index >= 15 is 0 Å². The molecule has 0 aromatic rings. The predicted molar refractivity (Wildman–Crippen MR) is 76.2 cm³/mol. The maximum absolute atomic E-state index is 11.7. The van der Waals surface area contributed by atoms with E-state index in [0.29, 0.717) is 32.2 Å². The first-order chi connectivity index (χ1) is 10.0. The van der Waals surface area contributed by atoms with Crippen LogP contribution in [0.4, 0.5) is 4.79 Å². The summed E-state index contributed by atoms with van der Waals surface area (Å²) in [5.41, 5.74) is 2.28. The zero-order valence-corrected chi connectivity index (χ0v) is 12.9. The fourth-order valence-corrected chi connectivity index (χ4v) is 1.56. The fraction of sp³-hybridized carbons (Fsp3) is 0.769. The molecule has 0 saturated carbocycles. The number of hydrogen-bond donors (Lipinski definition) is 3. The molecule has 0 aliphatic carbocycles. The van der Waals surface area contributed by atoms with E-state index < -0.39 is 18.1 Å². The molecule has 0 aromatic carbocycles. The van der Waals surface area contributed by atoms with E-state index in [1.807, 2.05) is 0 Å². The molecule has 0 radical (unpaired) electrons. The highest BCUT2D eigenvalue weighted by atomic mass is 16.7. The summed E-state index contributed by atoms with van der Waals surface area (Å²) >= 11 is 0. The van der Waals surface area contributed by atoms with E-state index in [4.69, 9.17) is 4.74 Å². The molecule has 0 heterocycles. The second-order valence-electron chi connectivity index (χ2n) is 4.24. The molecule has 122 valence electrons. The van der Waals surface area contributed by atoms with Gasteiger partial charge in [0.05, 0.1) is 6.61 Å². The lowest BCUT2D eigenvalue weighted by Crippen LogP contribution is -2.43. The first-order valence-corrected chi connectivity index (χ1v) is 7.12. The normalized spacial score (nSPS) is 11.4. The van der Waals surface area contributed by atoms with Crippen LogP contribution in [0.25, 0.3) is 0 Å². The minimum absolute atomic E-state index is 0.00853. The van der Waals surface area contributed by atoms with Gasteiger partial charge >= 0.3 is 12.1 Å². The monoisotopic (exact) mass is 303 g/mol. The Morgan fingerprint density at radius 1 is 1.14 bits per heavy atom. The largest absolute Gasteiger partial charge is 0.450 e. The number of carbonyl (C=O) groups is 3. The van der Waals surface area contributed by atoms with Gasteiger partial charge in [-0.2, -0.15) is 5.48 Å². The fourth-order valence-electron chi connectivity index (χ4n) is 1.56. The molecule has 21 heavy (non-hydrogen) atoms. The van der Waals surface area contributed by atoms with Gasteiger partial charge in [-0.05, 0) is 26.2 Å². The summed E-state index contributed by atoms with van der Waals surface area (Å²) in [6.45, 7) is 4.22. The second kappa shape index (κ2) is 12.0. The number of unbranched alkanes of at least 4 members (excludes halogenated alkanes) is 1. The molecule has 0 aromatic heterocycles. The van der Waals surface area contributed by atoms with Crippen LogP contribution in [-0.4, -0.2) is 44.2 Å². The van der Waals surface area contributed by atoms with E-state index in [-0.39, 0.29) is 12.5 Å². The van der Waals surface area contributed by atoms with Gasteiger partial charge in [-0.3, -0.25) is 4.79 Å². The molecule has 0 rings (SSSR count). The van der Waals surface area contributed by atoms with Crippen molar-refractivity contribution in [3.05, 3.63) is 0 Å². The average molecular weight is 303 g/mol. The lowest BCUT2D eigenvalue weighted by atomic mass is 10.1. The molecule has 0 aliphatic rings. The lowest BCUT2D eigenvalue weighted by molar-refractivity contribution is -0.152. The van der Waals surface area contributed by atoms with Gasteiger partial charge in [0.15, 0.2) is 0 Å². The maximum Gasteiger partial charge on any atom is 0.407 e. The van der Waals surface area contributed by atoms with Gasteiger partial charge in [0.1, 0.15) is 6.04 Å². The van der Waals surface area contributed by atoms with Crippen LogP contribution in [0.15, 0.2) is 0 Å². The Hall–Kier alpha value is -1.83. The molecule has 0 fully saturated rings. The standard InChI is InChI=1S/C13H25N3O5/c1-4-11(17)15-9-7-6-8-10(12(18)21-14-3)16-13(19)20-5-2/h10,14H,4-9H2,1-3H3,(H,15,17)(H,16,19). The summed E-state index contributed by atoms with van der Waals surface area (Å²) in [7, 11) is 1.46. The molecule has 8 nitrogen and oxygen atoms in total. The Morgan fingerprint density at radius 3 is 2.43 bits per heavy atom. The Labute approximate surface area is 124 Å². The zero-order valence-electron chi connectivity index (χ0n) is 12.9. The van der Waals surface area contributed by atoms with E-state index in [0.717, 1.165) is 0 Å². The SMILES string of the molecule is CCOC(=O)NC(CCCCNC(=O)CC)C(=O)ONC. The van der Waals surface area contributed by atoms with Crippen molar-refractivity contribution in [1.29, 1.82) is 0 Å². The topological polar surface area (TPSA) is 106 Å².